The van der Waals surface area contributed by atoms with Gasteiger partial charge in [0.1, 0.15) is 11.4 Å². The number of carbonyl (C=O) groups excluding carboxylic acids is 1. The Morgan fingerprint density at radius 2 is 1.96 bits per heavy atom. The summed E-state index contributed by atoms with van der Waals surface area (Å²) in [7, 11) is -2.50. The highest BCUT2D eigenvalue weighted by Gasteiger charge is 2.50. The molecule has 0 unspecified atom stereocenters. The molecular weight excluding hydrogens is 764 g/mol. The molecule has 2 aromatic rings. The molecule has 8 rings (SSSR count). The minimum atomic E-state index is -4.08. The number of halogens is 1. The minimum Gasteiger partial charge on any atom is -0.490 e. The fraction of sp³-hybridized carbons (Fsp3) is 0.659. The summed E-state index contributed by atoms with van der Waals surface area (Å²) in [5.41, 5.74) is 2.81. The molecular formula is C44H61ClN4O7S. The van der Waals surface area contributed by atoms with Gasteiger partial charge in [0.05, 0.1) is 30.8 Å². The topological polar surface area (TPSA) is 110 Å². The second-order valence-electron chi connectivity index (χ2n) is 17.5. The van der Waals surface area contributed by atoms with Gasteiger partial charge in [0, 0.05) is 88.2 Å². The number of amides is 1. The number of rotatable bonds is 7. The van der Waals surface area contributed by atoms with Crippen molar-refractivity contribution in [2.24, 2.45) is 17.8 Å². The summed E-state index contributed by atoms with van der Waals surface area (Å²) in [5.74, 6) is 0.341. The first-order chi connectivity index (χ1) is 27.5. The van der Waals surface area contributed by atoms with Gasteiger partial charge < -0.3 is 23.8 Å². The SMILES string of the molecule is CCO[C@]1(CN2CCN3CCOC[C@@H]3C2)/C=C\C[C@H](C)[C@@H](CCOC)S(=O)(=O)NC(=O)c2ccc3c(c2)N(C[C@@H]2CC[C@H]21)C[C@@]1(CCCc2cc(Cl)ccc21)CO3. The zero-order valence-electron chi connectivity index (χ0n) is 33.9. The van der Waals surface area contributed by atoms with E-state index in [1.807, 2.05) is 25.1 Å². The molecule has 1 spiro atoms. The molecule has 13 heteroatoms. The van der Waals surface area contributed by atoms with E-state index in [1.54, 1.807) is 13.2 Å². The van der Waals surface area contributed by atoms with Crippen LogP contribution in [0.15, 0.2) is 48.6 Å². The highest BCUT2D eigenvalue weighted by atomic mass is 35.5. The van der Waals surface area contributed by atoms with Gasteiger partial charge in [0.2, 0.25) is 10.0 Å². The van der Waals surface area contributed by atoms with E-state index in [0.717, 1.165) is 95.3 Å². The maximum atomic E-state index is 14.1. The van der Waals surface area contributed by atoms with Crippen LogP contribution in [-0.2, 0) is 36.1 Å². The minimum absolute atomic E-state index is 0.234. The number of carbonyl (C=O) groups is 1. The molecule has 1 amide bonds. The molecule has 2 bridgehead atoms. The van der Waals surface area contributed by atoms with Crippen molar-refractivity contribution in [3.8, 4) is 5.75 Å². The average Bonchev–Trinajstić information content (AvgIpc) is 3.32. The Morgan fingerprint density at radius 1 is 1.09 bits per heavy atom. The van der Waals surface area contributed by atoms with Gasteiger partial charge in [0.15, 0.2) is 0 Å². The van der Waals surface area contributed by atoms with Crippen molar-refractivity contribution in [2.45, 2.75) is 81.1 Å². The molecule has 2 aliphatic carbocycles. The second-order valence-corrected chi connectivity index (χ2v) is 19.9. The second kappa shape index (κ2) is 17.1. The molecule has 3 fully saturated rings. The smallest absolute Gasteiger partial charge is 0.264 e. The van der Waals surface area contributed by atoms with Gasteiger partial charge >= 0.3 is 0 Å². The van der Waals surface area contributed by atoms with E-state index in [0.29, 0.717) is 49.5 Å². The molecule has 0 radical (unpaired) electrons. The van der Waals surface area contributed by atoms with Crippen LogP contribution in [0.3, 0.4) is 0 Å². The van der Waals surface area contributed by atoms with Crippen LogP contribution in [0.4, 0.5) is 5.69 Å². The van der Waals surface area contributed by atoms with Crippen molar-refractivity contribution in [1.29, 1.82) is 0 Å². The molecule has 6 aliphatic rings. The van der Waals surface area contributed by atoms with Crippen LogP contribution >= 0.6 is 11.6 Å². The largest absolute Gasteiger partial charge is 0.490 e. The van der Waals surface area contributed by atoms with E-state index in [2.05, 4.69) is 50.6 Å². The average molecular weight is 826 g/mol. The number of benzene rings is 2. The third-order valence-electron chi connectivity index (χ3n) is 14.0. The molecule has 4 heterocycles. The summed E-state index contributed by atoms with van der Waals surface area (Å²) >= 11 is 6.54. The third kappa shape index (κ3) is 8.39. The van der Waals surface area contributed by atoms with E-state index in [4.69, 9.17) is 30.5 Å². The molecule has 2 aromatic carbocycles. The van der Waals surface area contributed by atoms with Gasteiger partial charge in [-0.05, 0) is 111 Å². The van der Waals surface area contributed by atoms with E-state index < -0.39 is 26.8 Å². The molecule has 57 heavy (non-hydrogen) atoms. The van der Waals surface area contributed by atoms with Gasteiger partial charge in [-0.25, -0.2) is 13.1 Å². The maximum Gasteiger partial charge on any atom is 0.264 e. The number of piperazine rings is 1. The van der Waals surface area contributed by atoms with Crippen molar-refractivity contribution < 1.29 is 32.2 Å². The van der Waals surface area contributed by atoms with Gasteiger partial charge in [-0.3, -0.25) is 14.6 Å². The van der Waals surface area contributed by atoms with Crippen molar-refractivity contribution in [2.75, 3.05) is 90.9 Å². The molecule has 2 saturated heterocycles. The number of ether oxygens (including phenoxy) is 4. The number of hydrogen-bond donors (Lipinski definition) is 1. The number of nitrogens with one attached hydrogen (secondary N) is 1. The lowest BCUT2D eigenvalue weighted by Crippen LogP contribution is -2.62. The Labute approximate surface area is 344 Å². The number of allylic oxidation sites excluding steroid dienone is 1. The predicted octanol–water partition coefficient (Wildman–Crippen LogP) is 5.69. The van der Waals surface area contributed by atoms with Gasteiger partial charge in [0.25, 0.3) is 5.91 Å². The van der Waals surface area contributed by atoms with Crippen LogP contribution in [0.5, 0.6) is 5.75 Å². The molecule has 1 saturated carbocycles. The lowest BCUT2D eigenvalue weighted by atomic mass is 9.63. The number of nitrogens with zero attached hydrogens (tertiary/aromatic N) is 3. The number of sulfonamides is 1. The highest BCUT2D eigenvalue weighted by molar-refractivity contribution is 7.90. The van der Waals surface area contributed by atoms with E-state index in [9.17, 15) is 13.2 Å². The molecule has 4 aliphatic heterocycles. The first kappa shape index (κ1) is 41.0. The van der Waals surface area contributed by atoms with Crippen molar-refractivity contribution in [3.05, 3.63) is 70.3 Å². The predicted molar refractivity (Wildman–Crippen MR) is 223 cm³/mol. The quantitative estimate of drug-likeness (QED) is 0.350. The standard InChI is InChI=1S/C44H61ClN4O7S/c1-4-56-44(29-47-18-19-48-20-22-54-27-36(48)26-47)17-5-7-31(2)41(15-21-53-3)57(51,52)46-42(50)33-10-14-40-39(24-33)49(25-34-9-12-38(34)44)28-43(30-55-40)16-6-8-32-23-35(45)11-13-37(32)43/h5,10-11,13-14,17,23-24,31,34,36,38,41H,4,6-9,12,15-16,18-22,25-30H2,1-3H3,(H,46,50)/b17-5-/t31-,34-,36-,38+,41+,43-,44-/m0/s1. The van der Waals surface area contributed by atoms with Gasteiger partial charge in [-0.15, -0.1) is 0 Å². The van der Waals surface area contributed by atoms with E-state index >= 15 is 0 Å². The Balaban J connectivity index is 1.21. The molecule has 312 valence electrons. The summed E-state index contributed by atoms with van der Waals surface area (Å²) < 4.78 is 55.8. The summed E-state index contributed by atoms with van der Waals surface area (Å²) in [5, 5.41) is -0.0928. The maximum absolute atomic E-state index is 14.1. The normalized spacial score (nSPS) is 33.8. The first-order valence-electron chi connectivity index (χ1n) is 21.2. The van der Waals surface area contributed by atoms with Crippen LogP contribution in [0.1, 0.15) is 73.9 Å². The fourth-order valence-electron chi connectivity index (χ4n) is 10.9. The monoisotopic (exact) mass is 824 g/mol. The molecule has 11 nitrogen and oxygen atoms in total. The van der Waals surface area contributed by atoms with Crippen LogP contribution in [0.25, 0.3) is 0 Å². The van der Waals surface area contributed by atoms with E-state index in [1.165, 1.54) is 11.1 Å². The lowest BCUT2D eigenvalue weighted by molar-refractivity contribution is -0.121. The number of fused-ring (bicyclic) bond motifs is 5. The fourth-order valence-corrected chi connectivity index (χ4v) is 12.8. The van der Waals surface area contributed by atoms with Crippen LogP contribution in [-0.4, -0.2) is 127 Å². The Bertz CT molecular complexity index is 1910. The molecule has 7 atom stereocenters. The number of aryl methyl sites for hydroxylation is 1. The van der Waals surface area contributed by atoms with Crippen LogP contribution in [0, 0.1) is 17.8 Å². The number of hydrogen-bond acceptors (Lipinski definition) is 10. The van der Waals surface area contributed by atoms with Gasteiger partial charge in [-0.2, -0.15) is 0 Å². The third-order valence-corrected chi connectivity index (χ3v) is 16.2. The highest BCUT2D eigenvalue weighted by Crippen LogP contribution is 2.49. The van der Waals surface area contributed by atoms with Gasteiger partial charge in [-0.1, -0.05) is 36.7 Å². The van der Waals surface area contributed by atoms with E-state index in [-0.39, 0.29) is 30.3 Å². The lowest BCUT2D eigenvalue weighted by Gasteiger charge is -2.53. The number of anilines is 1. The Kier molecular flexibility index (Phi) is 12.3. The zero-order chi connectivity index (χ0) is 39.8. The summed E-state index contributed by atoms with van der Waals surface area (Å²) in [6, 6.07) is 12.0. The molecule has 0 aromatic heterocycles. The number of methoxy groups -OCH3 is 1. The van der Waals surface area contributed by atoms with Crippen molar-refractivity contribution in [1.82, 2.24) is 14.5 Å². The summed E-state index contributed by atoms with van der Waals surface area (Å²) in [4.78, 5) is 21.5. The first-order valence-corrected chi connectivity index (χ1v) is 23.2. The van der Waals surface area contributed by atoms with Crippen molar-refractivity contribution in [3.63, 3.8) is 0 Å². The Hall–Kier alpha value is -2.71. The molecule has 1 N–H and O–H groups in total. The Morgan fingerprint density at radius 3 is 2.77 bits per heavy atom. The number of morpholine rings is 1. The van der Waals surface area contributed by atoms with Crippen LogP contribution in [0.2, 0.25) is 5.02 Å². The van der Waals surface area contributed by atoms with Crippen molar-refractivity contribution >= 4 is 33.2 Å². The zero-order valence-corrected chi connectivity index (χ0v) is 35.5. The van der Waals surface area contributed by atoms with Crippen LogP contribution < -0.4 is 14.4 Å². The summed E-state index contributed by atoms with van der Waals surface area (Å²) in [6.07, 6.45) is 10.3. The summed E-state index contributed by atoms with van der Waals surface area (Å²) in [6.45, 7) is 13.0.